The summed E-state index contributed by atoms with van der Waals surface area (Å²) in [6.45, 7) is 0.0880. The summed E-state index contributed by atoms with van der Waals surface area (Å²) in [4.78, 5) is 35.8. The molecule has 4 aromatic rings. The maximum Gasteiger partial charge on any atom is 0.283 e. The largest absolute Gasteiger partial charge is 0.385 e. The van der Waals surface area contributed by atoms with Crippen LogP contribution in [0, 0.1) is 11.6 Å². The highest BCUT2D eigenvalue weighted by Gasteiger charge is 2.34. The van der Waals surface area contributed by atoms with Gasteiger partial charge in [-0.2, -0.15) is 8.42 Å². The van der Waals surface area contributed by atoms with Crippen LogP contribution in [0.25, 0.3) is 11.0 Å². The van der Waals surface area contributed by atoms with Crippen LogP contribution in [0.15, 0.2) is 76.0 Å². The van der Waals surface area contributed by atoms with E-state index in [4.69, 9.17) is 5.73 Å². The van der Waals surface area contributed by atoms with Crippen LogP contribution in [0.1, 0.15) is 32.5 Å². The van der Waals surface area contributed by atoms with Crippen molar-refractivity contribution < 1.29 is 26.8 Å². The molecule has 1 atom stereocenters. The molecule has 0 bridgehead atoms. The summed E-state index contributed by atoms with van der Waals surface area (Å²) in [6.07, 6.45) is 0. The zero-order chi connectivity index (χ0) is 27.6. The number of likely N-dealkylation sites (N-methyl/N-ethyl adjacent to an activating group) is 1. The van der Waals surface area contributed by atoms with Gasteiger partial charge in [-0.15, -0.1) is 4.40 Å². The van der Waals surface area contributed by atoms with Crippen molar-refractivity contribution in [1.82, 2.24) is 14.9 Å². The number of hydrogen-bond acceptors (Lipinski definition) is 6. The van der Waals surface area contributed by atoms with E-state index in [2.05, 4.69) is 14.4 Å². The molecule has 0 aliphatic rings. The summed E-state index contributed by atoms with van der Waals surface area (Å²) in [7, 11) is -0.902. The highest BCUT2D eigenvalue weighted by molar-refractivity contribution is 7.90. The molecule has 0 fully saturated rings. The lowest BCUT2D eigenvalue weighted by Gasteiger charge is -2.14. The van der Waals surface area contributed by atoms with Crippen molar-refractivity contribution in [1.29, 1.82) is 0 Å². The van der Waals surface area contributed by atoms with E-state index < -0.39 is 39.1 Å². The third kappa shape index (κ3) is 5.82. The number of ketones is 2. The number of H-pyrrole nitrogens is 1. The first-order valence-corrected chi connectivity index (χ1v) is 12.7. The van der Waals surface area contributed by atoms with Crippen LogP contribution in [0.5, 0.6) is 0 Å². The van der Waals surface area contributed by atoms with E-state index >= 15 is 0 Å². The van der Waals surface area contributed by atoms with Crippen molar-refractivity contribution in [2.45, 2.75) is 10.8 Å². The minimum Gasteiger partial charge on any atom is -0.385 e. The number of aromatic nitrogens is 2. The van der Waals surface area contributed by atoms with E-state index in [0.717, 1.165) is 18.2 Å². The average Bonchev–Trinajstić information content (AvgIpc) is 3.26. The Bertz CT molecular complexity index is 1630. The van der Waals surface area contributed by atoms with Crippen molar-refractivity contribution in [3.05, 3.63) is 95.3 Å². The van der Waals surface area contributed by atoms with Gasteiger partial charge in [0.05, 0.1) is 22.5 Å². The predicted molar refractivity (Wildman–Crippen MR) is 138 cm³/mol. The molecule has 1 heterocycles. The Balaban J connectivity index is 1.80. The van der Waals surface area contributed by atoms with Crippen LogP contribution in [0.2, 0.25) is 0 Å². The van der Waals surface area contributed by atoms with Crippen LogP contribution >= 0.6 is 0 Å². The lowest BCUT2D eigenvalue weighted by Crippen LogP contribution is -2.29. The van der Waals surface area contributed by atoms with E-state index in [1.807, 2.05) is 0 Å². The molecule has 0 saturated heterocycles. The second kappa shape index (κ2) is 10.6. The number of hydrogen-bond donors (Lipinski definition) is 2. The third-order valence-corrected chi connectivity index (χ3v) is 6.81. The van der Waals surface area contributed by atoms with Crippen molar-refractivity contribution in [2.75, 3.05) is 20.6 Å². The second-order valence-corrected chi connectivity index (χ2v) is 10.4. The van der Waals surface area contributed by atoms with Gasteiger partial charge in [0.1, 0.15) is 29.2 Å². The molecule has 0 amide bonds. The van der Waals surface area contributed by atoms with Gasteiger partial charge in [0.25, 0.3) is 10.0 Å². The fourth-order valence-corrected chi connectivity index (χ4v) is 4.87. The van der Waals surface area contributed by atoms with Crippen LogP contribution in [-0.4, -0.2) is 61.3 Å². The molecule has 0 saturated carbocycles. The lowest BCUT2D eigenvalue weighted by molar-refractivity contribution is 0.0855. The van der Waals surface area contributed by atoms with Gasteiger partial charge in [0.2, 0.25) is 0 Å². The first-order chi connectivity index (χ1) is 17.9. The van der Waals surface area contributed by atoms with Gasteiger partial charge in [-0.25, -0.2) is 13.8 Å². The van der Waals surface area contributed by atoms with Gasteiger partial charge in [-0.3, -0.25) is 9.59 Å². The zero-order valence-corrected chi connectivity index (χ0v) is 21.2. The number of imidazole rings is 1. The highest BCUT2D eigenvalue weighted by atomic mass is 32.2. The zero-order valence-electron chi connectivity index (χ0n) is 20.4. The van der Waals surface area contributed by atoms with Gasteiger partial charge < -0.3 is 15.6 Å². The molecule has 9 nitrogen and oxygen atoms in total. The molecule has 3 aromatic carbocycles. The average molecular weight is 540 g/mol. The quantitative estimate of drug-likeness (QED) is 0.144. The van der Waals surface area contributed by atoms with E-state index in [0.29, 0.717) is 17.1 Å². The van der Waals surface area contributed by atoms with Crippen LogP contribution in [0.3, 0.4) is 0 Å². The number of carbonyl (C=O) groups excluding carboxylic acids is 2. The number of para-hydroxylation sites is 2. The molecule has 0 aliphatic heterocycles. The number of nitrogens with zero attached hydrogens (tertiary/aromatic N) is 3. The number of amidine groups is 1. The SMILES string of the molecule is CN(C)CC(N)=NS(=O)(=O)c1cccc(C(=O)C(C(=O)c2cc(F)cc(F)c2)c2nc3ccccc3[nH]2)c1. The number of fused-ring (bicyclic) bond motifs is 1. The standard InChI is InChI=1S/C26H23F2N5O4S/c1-33(2)14-22(29)32-38(36,37)19-7-5-6-15(12-19)24(34)23(25(35)16-10-17(27)13-18(28)11-16)26-30-20-8-3-4-9-21(20)31-26/h3-13,23H,14H2,1-2H3,(H2,29,32)(H,30,31). The maximum atomic E-state index is 13.9. The van der Waals surface area contributed by atoms with Crippen molar-refractivity contribution >= 4 is 38.5 Å². The summed E-state index contributed by atoms with van der Waals surface area (Å²) in [5, 5.41) is 0. The van der Waals surface area contributed by atoms with E-state index in [1.54, 1.807) is 43.3 Å². The molecule has 3 N–H and O–H groups in total. The molecular weight excluding hydrogens is 516 g/mol. The summed E-state index contributed by atoms with van der Waals surface area (Å²) >= 11 is 0. The molecule has 12 heteroatoms. The topological polar surface area (TPSA) is 139 Å². The number of carbonyl (C=O) groups is 2. The molecule has 1 unspecified atom stereocenters. The maximum absolute atomic E-state index is 13.9. The number of sulfonamides is 1. The molecular formula is C26H23F2N5O4S. The Morgan fingerprint density at radius 1 is 0.974 bits per heavy atom. The normalized spacial score (nSPS) is 13.1. The Morgan fingerprint density at radius 2 is 1.63 bits per heavy atom. The fourth-order valence-electron chi connectivity index (χ4n) is 3.88. The van der Waals surface area contributed by atoms with Crippen molar-refractivity contribution in [3.8, 4) is 0 Å². The second-order valence-electron chi connectivity index (χ2n) is 8.78. The Kier molecular flexibility index (Phi) is 7.46. The monoisotopic (exact) mass is 539 g/mol. The number of Topliss-reactive ketones (excluding diaryl/α,β-unsaturated/α-hetero) is 2. The lowest BCUT2D eigenvalue weighted by atomic mass is 9.89. The molecule has 0 radical (unpaired) electrons. The van der Waals surface area contributed by atoms with Crippen LogP contribution in [-0.2, 0) is 10.0 Å². The molecule has 0 spiro atoms. The number of halogens is 2. The first-order valence-electron chi connectivity index (χ1n) is 11.3. The fraction of sp³-hybridized carbons (Fsp3) is 0.154. The Labute approximate surface area is 217 Å². The molecule has 196 valence electrons. The van der Waals surface area contributed by atoms with Crippen molar-refractivity contribution in [3.63, 3.8) is 0 Å². The summed E-state index contributed by atoms with van der Waals surface area (Å²) in [5.74, 6) is -5.61. The number of nitrogens with two attached hydrogens (primary N) is 1. The molecule has 38 heavy (non-hydrogen) atoms. The predicted octanol–water partition coefficient (Wildman–Crippen LogP) is 3.30. The van der Waals surface area contributed by atoms with Gasteiger partial charge >= 0.3 is 0 Å². The number of benzene rings is 3. The van der Waals surface area contributed by atoms with E-state index in [-0.39, 0.29) is 34.2 Å². The number of nitrogens with one attached hydrogen (secondary N) is 1. The molecule has 1 aromatic heterocycles. The number of rotatable bonds is 9. The Morgan fingerprint density at radius 3 is 2.29 bits per heavy atom. The minimum absolute atomic E-state index is 0.0626. The molecule has 0 aliphatic carbocycles. The first kappa shape index (κ1) is 26.8. The third-order valence-electron chi connectivity index (χ3n) is 5.48. The van der Waals surface area contributed by atoms with E-state index in [9.17, 15) is 26.8 Å². The summed E-state index contributed by atoms with van der Waals surface area (Å²) in [5.41, 5.74) is 6.18. The van der Waals surface area contributed by atoms with Gasteiger partial charge in [-0.05, 0) is 50.5 Å². The van der Waals surface area contributed by atoms with Gasteiger partial charge in [0, 0.05) is 17.2 Å². The van der Waals surface area contributed by atoms with Gasteiger partial charge in [0.15, 0.2) is 11.6 Å². The smallest absolute Gasteiger partial charge is 0.283 e. The molecule has 4 rings (SSSR count). The Hall–Kier alpha value is -4.29. The van der Waals surface area contributed by atoms with Gasteiger partial charge in [-0.1, -0.05) is 24.3 Å². The van der Waals surface area contributed by atoms with Crippen molar-refractivity contribution in [2.24, 2.45) is 10.1 Å². The summed E-state index contributed by atoms with van der Waals surface area (Å²) in [6, 6.07) is 14.0. The van der Waals surface area contributed by atoms with E-state index in [1.165, 1.54) is 18.2 Å². The summed E-state index contributed by atoms with van der Waals surface area (Å²) < 4.78 is 57.1. The van der Waals surface area contributed by atoms with Crippen LogP contribution in [0.4, 0.5) is 8.78 Å². The van der Waals surface area contributed by atoms with Crippen LogP contribution < -0.4 is 5.73 Å². The minimum atomic E-state index is -4.28. The number of aromatic amines is 1. The highest BCUT2D eigenvalue weighted by Crippen LogP contribution is 2.28.